The van der Waals surface area contributed by atoms with Gasteiger partial charge >= 0.3 is 7.59 Å². The van der Waals surface area contributed by atoms with E-state index in [4.69, 9.17) is 9.50 Å². The molecule has 0 N–H and O–H groups in total. The monoisotopic (exact) mass is 459 g/mol. The molecule has 1 saturated carbocycles. The van der Waals surface area contributed by atoms with E-state index in [9.17, 15) is 0 Å². The van der Waals surface area contributed by atoms with Gasteiger partial charge in [0.2, 0.25) is 0 Å². The Balaban J connectivity index is 2.26. The summed E-state index contributed by atoms with van der Waals surface area (Å²) in [5.41, 5.74) is 2.81. The van der Waals surface area contributed by atoms with E-state index < -0.39 is 7.59 Å². The maximum atomic E-state index is 15.2. The summed E-state index contributed by atoms with van der Waals surface area (Å²) in [6, 6.07) is 8.63. The number of hydrogen-bond acceptors (Lipinski definition) is 2. The van der Waals surface area contributed by atoms with Gasteiger partial charge in [-0.1, -0.05) is 40.0 Å². The summed E-state index contributed by atoms with van der Waals surface area (Å²) in [6.07, 6.45) is 7.91. The molecule has 5 nitrogen and oxygen atoms in total. The van der Waals surface area contributed by atoms with Crippen molar-refractivity contribution in [3.8, 4) is 5.75 Å². The van der Waals surface area contributed by atoms with E-state index in [0.717, 1.165) is 35.6 Å². The molecule has 0 saturated heterocycles. The van der Waals surface area contributed by atoms with Crippen LogP contribution in [0.2, 0.25) is 0 Å². The Hall–Kier alpha value is -1.58. The van der Waals surface area contributed by atoms with Crippen LogP contribution in [-0.4, -0.2) is 40.3 Å². The first kappa shape index (κ1) is 25.1. The molecule has 6 heteroatoms. The fourth-order valence-electron chi connectivity index (χ4n) is 4.99. The van der Waals surface area contributed by atoms with Gasteiger partial charge in [-0.2, -0.15) is 4.76 Å². The van der Waals surface area contributed by atoms with Crippen molar-refractivity contribution in [2.45, 2.75) is 98.7 Å². The second kappa shape index (κ2) is 9.73. The van der Waals surface area contributed by atoms with Crippen molar-refractivity contribution in [2.24, 2.45) is 10.2 Å². The van der Waals surface area contributed by atoms with Gasteiger partial charge in [0.25, 0.3) is 0 Å². The standard InChI is InChI=1S/C26H42N3O2P/c1-19(2)28(20(3)4)32(30)27-25(26(5,6)7)18-24(21-14-16-23(31-8)17-15-21)29(32)22-12-10-9-11-13-22/h14-20,22H,9-13H2,1-8H3. The molecule has 0 aromatic heterocycles. The molecule has 0 spiro atoms. The molecular formula is C26H42N3O2P. The van der Waals surface area contributed by atoms with Crippen molar-refractivity contribution in [3.63, 3.8) is 0 Å². The second-order valence-corrected chi connectivity index (χ2v) is 12.8. The maximum absolute atomic E-state index is 15.2. The number of hydrogen-bond donors (Lipinski definition) is 0. The Labute approximate surface area is 195 Å². The minimum atomic E-state index is -3.25. The molecule has 1 aliphatic heterocycles. The largest absolute Gasteiger partial charge is 0.497 e. The molecule has 1 unspecified atom stereocenters. The van der Waals surface area contributed by atoms with Crippen molar-refractivity contribution in [3.05, 3.63) is 35.9 Å². The van der Waals surface area contributed by atoms with Crippen molar-refractivity contribution >= 4 is 19.0 Å². The fourth-order valence-corrected chi connectivity index (χ4v) is 8.37. The number of allylic oxidation sites excluding steroid dienone is 1. The van der Waals surface area contributed by atoms with Crippen LogP contribution in [0.15, 0.2) is 35.1 Å². The van der Waals surface area contributed by atoms with Crippen molar-refractivity contribution in [1.29, 1.82) is 0 Å². The minimum Gasteiger partial charge on any atom is -0.497 e. The maximum Gasteiger partial charge on any atom is 0.354 e. The van der Waals surface area contributed by atoms with Crippen LogP contribution in [0, 0.1) is 5.41 Å². The Kier molecular flexibility index (Phi) is 7.62. The van der Waals surface area contributed by atoms with Gasteiger partial charge in [0.1, 0.15) is 5.75 Å². The van der Waals surface area contributed by atoms with Gasteiger partial charge in [0.05, 0.1) is 18.5 Å². The molecule has 3 rings (SSSR count). The van der Waals surface area contributed by atoms with E-state index >= 15 is 4.57 Å². The van der Waals surface area contributed by atoms with Crippen LogP contribution in [0.5, 0.6) is 5.75 Å². The highest BCUT2D eigenvalue weighted by Crippen LogP contribution is 2.64. The van der Waals surface area contributed by atoms with Crippen molar-refractivity contribution in [1.82, 2.24) is 9.34 Å². The topological polar surface area (TPSA) is 45.1 Å². The van der Waals surface area contributed by atoms with Crippen LogP contribution in [0.4, 0.5) is 0 Å². The highest BCUT2D eigenvalue weighted by atomic mass is 31.2. The van der Waals surface area contributed by atoms with Gasteiger partial charge < -0.3 is 4.74 Å². The zero-order chi connectivity index (χ0) is 23.7. The summed E-state index contributed by atoms with van der Waals surface area (Å²) in [6.45, 7) is 15.0. The SMILES string of the molecule is COc1ccc(C2=CC(C(C)(C)C)=NP(=O)(N(C(C)C)C(C)C)N2C2CCCCC2)cc1. The highest BCUT2D eigenvalue weighted by Gasteiger charge is 2.48. The lowest BCUT2D eigenvalue weighted by Crippen LogP contribution is -2.45. The predicted molar refractivity (Wildman–Crippen MR) is 136 cm³/mol. The number of methoxy groups -OCH3 is 1. The van der Waals surface area contributed by atoms with Crippen LogP contribution in [-0.2, 0) is 4.57 Å². The number of nitrogens with zero attached hydrogens (tertiary/aromatic N) is 3. The van der Waals surface area contributed by atoms with Gasteiger partial charge in [0, 0.05) is 23.5 Å². The van der Waals surface area contributed by atoms with E-state index in [1.807, 2.05) is 12.1 Å². The van der Waals surface area contributed by atoms with Crippen LogP contribution in [0.3, 0.4) is 0 Å². The minimum absolute atomic E-state index is 0.118. The first-order chi connectivity index (χ1) is 15.0. The van der Waals surface area contributed by atoms with Crippen LogP contribution in [0.25, 0.3) is 5.70 Å². The summed E-state index contributed by atoms with van der Waals surface area (Å²) < 4.78 is 30.1. The molecule has 1 aromatic carbocycles. The lowest BCUT2D eigenvalue weighted by Gasteiger charge is -2.49. The van der Waals surface area contributed by atoms with E-state index in [0.29, 0.717) is 0 Å². The van der Waals surface area contributed by atoms with Crippen molar-refractivity contribution in [2.75, 3.05) is 7.11 Å². The first-order valence-corrected chi connectivity index (χ1v) is 13.7. The number of benzene rings is 1. The van der Waals surface area contributed by atoms with Gasteiger partial charge in [-0.15, -0.1) is 0 Å². The van der Waals surface area contributed by atoms with E-state index in [1.54, 1.807) is 7.11 Å². The average molecular weight is 460 g/mol. The molecule has 0 bridgehead atoms. The fraction of sp³-hybridized carbons (Fsp3) is 0.654. The zero-order valence-electron chi connectivity index (χ0n) is 21.3. The van der Waals surface area contributed by atoms with Gasteiger partial charge in [-0.25, -0.2) is 4.67 Å². The number of ether oxygens (including phenoxy) is 1. The molecule has 178 valence electrons. The summed E-state index contributed by atoms with van der Waals surface area (Å²) in [5, 5.41) is 0. The molecule has 32 heavy (non-hydrogen) atoms. The Bertz CT molecular complexity index is 883. The van der Waals surface area contributed by atoms with E-state index in [2.05, 4.69) is 76.0 Å². The Morgan fingerprint density at radius 3 is 2.06 bits per heavy atom. The predicted octanol–water partition coefficient (Wildman–Crippen LogP) is 7.40. The first-order valence-electron chi connectivity index (χ1n) is 12.1. The molecule has 0 amide bonds. The Morgan fingerprint density at radius 1 is 1.03 bits per heavy atom. The van der Waals surface area contributed by atoms with Gasteiger partial charge in [-0.3, -0.25) is 9.24 Å². The molecule has 1 heterocycles. The molecule has 1 aromatic rings. The van der Waals surface area contributed by atoms with Crippen LogP contribution >= 0.6 is 7.59 Å². The summed E-state index contributed by atoms with van der Waals surface area (Å²) in [7, 11) is -1.57. The molecule has 1 atom stereocenters. The number of rotatable bonds is 6. The highest BCUT2D eigenvalue weighted by molar-refractivity contribution is 7.58. The third-order valence-corrected chi connectivity index (χ3v) is 9.58. The zero-order valence-corrected chi connectivity index (χ0v) is 22.2. The summed E-state index contributed by atoms with van der Waals surface area (Å²) in [4.78, 5) is 0. The molecule has 1 fully saturated rings. The van der Waals surface area contributed by atoms with E-state index in [1.165, 1.54) is 19.3 Å². The summed E-state index contributed by atoms with van der Waals surface area (Å²) in [5.74, 6) is 0.827. The van der Waals surface area contributed by atoms with Crippen LogP contribution in [0.1, 0.15) is 86.1 Å². The second-order valence-electron chi connectivity index (χ2n) is 10.7. The van der Waals surface area contributed by atoms with Crippen molar-refractivity contribution < 1.29 is 9.30 Å². The molecule has 1 aliphatic carbocycles. The lowest BCUT2D eigenvalue weighted by molar-refractivity contribution is 0.245. The average Bonchev–Trinajstić information content (AvgIpc) is 2.72. The smallest absolute Gasteiger partial charge is 0.354 e. The normalized spacial score (nSPS) is 23.0. The molecule has 0 radical (unpaired) electrons. The van der Waals surface area contributed by atoms with Gasteiger partial charge in [0.15, 0.2) is 0 Å². The lowest BCUT2D eigenvalue weighted by atomic mass is 9.88. The van der Waals surface area contributed by atoms with E-state index in [-0.39, 0.29) is 23.5 Å². The molecular weight excluding hydrogens is 417 g/mol. The van der Waals surface area contributed by atoms with Crippen LogP contribution < -0.4 is 4.74 Å². The summed E-state index contributed by atoms with van der Waals surface area (Å²) >= 11 is 0. The third kappa shape index (κ3) is 4.99. The quantitative estimate of drug-likeness (QED) is 0.416. The molecule has 2 aliphatic rings. The third-order valence-electron chi connectivity index (χ3n) is 6.47. The van der Waals surface area contributed by atoms with Gasteiger partial charge in [-0.05, 0) is 76.4 Å². The Morgan fingerprint density at radius 2 is 1.59 bits per heavy atom.